The fourth-order valence-corrected chi connectivity index (χ4v) is 2.43. The molecule has 0 spiro atoms. The molecule has 3 rings (SSSR count). The van der Waals surface area contributed by atoms with Gasteiger partial charge in [-0.3, -0.25) is 0 Å². The Morgan fingerprint density at radius 3 is 2.95 bits per heavy atom. The van der Waals surface area contributed by atoms with Gasteiger partial charge in [0.1, 0.15) is 18.0 Å². The molecule has 0 saturated heterocycles. The van der Waals surface area contributed by atoms with Crippen LogP contribution in [-0.2, 0) is 13.2 Å². The van der Waals surface area contributed by atoms with Gasteiger partial charge >= 0.3 is 0 Å². The largest absolute Gasteiger partial charge is 0.487 e. The normalized spacial score (nSPS) is 10.9. The van der Waals surface area contributed by atoms with Crippen LogP contribution >= 0.6 is 15.9 Å². The summed E-state index contributed by atoms with van der Waals surface area (Å²) in [4.78, 5) is 4.47. The zero-order valence-electron chi connectivity index (χ0n) is 10.7. The van der Waals surface area contributed by atoms with Gasteiger partial charge in [0.25, 0.3) is 0 Å². The highest BCUT2D eigenvalue weighted by Gasteiger charge is 2.06. The third-order valence-electron chi connectivity index (χ3n) is 2.98. The summed E-state index contributed by atoms with van der Waals surface area (Å²) in [5, 5.41) is 9.33. The van der Waals surface area contributed by atoms with Crippen molar-refractivity contribution in [2.75, 3.05) is 0 Å². The molecule has 1 aromatic carbocycles. The van der Waals surface area contributed by atoms with Gasteiger partial charge in [-0.25, -0.2) is 4.98 Å². The van der Waals surface area contributed by atoms with E-state index >= 15 is 0 Å². The van der Waals surface area contributed by atoms with Crippen LogP contribution in [0.25, 0.3) is 5.65 Å². The van der Waals surface area contributed by atoms with Crippen molar-refractivity contribution in [2.24, 2.45) is 0 Å². The topological polar surface area (TPSA) is 46.8 Å². The third kappa shape index (κ3) is 2.69. The van der Waals surface area contributed by atoms with Crippen molar-refractivity contribution in [1.82, 2.24) is 9.38 Å². The maximum Gasteiger partial charge on any atom is 0.137 e. The molecule has 2 aromatic heterocycles. The van der Waals surface area contributed by atoms with Crippen molar-refractivity contribution in [3.05, 3.63) is 64.5 Å². The first kappa shape index (κ1) is 13.1. The Bertz CT molecular complexity index is 707. The van der Waals surface area contributed by atoms with Gasteiger partial charge < -0.3 is 14.2 Å². The molecule has 0 aliphatic heterocycles. The summed E-state index contributed by atoms with van der Waals surface area (Å²) in [5.74, 6) is 0.674. The quantitative estimate of drug-likeness (QED) is 0.798. The summed E-state index contributed by atoms with van der Waals surface area (Å²) in [6.07, 6.45) is 3.89. The van der Waals surface area contributed by atoms with Gasteiger partial charge in [-0.05, 0) is 30.3 Å². The lowest BCUT2D eigenvalue weighted by Crippen LogP contribution is -1.99. The highest BCUT2D eigenvalue weighted by molar-refractivity contribution is 9.10. The maximum absolute atomic E-state index is 9.33. The fourth-order valence-electron chi connectivity index (χ4n) is 2.02. The predicted molar refractivity (Wildman–Crippen MR) is 79.6 cm³/mol. The summed E-state index contributed by atoms with van der Waals surface area (Å²) in [5.41, 5.74) is 2.50. The molecular weight excluding hydrogens is 320 g/mol. The van der Waals surface area contributed by atoms with E-state index in [2.05, 4.69) is 20.9 Å². The predicted octanol–water partition coefficient (Wildman–Crippen LogP) is 3.17. The van der Waals surface area contributed by atoms with Crippen LogP contribution < -0.4 is 4.74 Å². The number of ether oxygens (including phenoxy) is 1. The lowest BCUT2D eigenvalue weighted by molar-refractivity contribution is 0.257. The van der Waals surface area contributed by atoms with Crippen LogP contribution in [-0.4, -0.2) is 14.5 Å². The third-order valence-corrected chi connectivity index (χ3v) is 3.48. The van der Waals surface area contributed by atoms with Gasteiger partial charge in [0.05, 0.1) is 12.3 Å². The Balaban J connectivity index is 1.79. The standard InChI is InChI=1S/C15H13BrN2O2/c16-12-4-5-14(11(7-12)9-19)20-10-13-8-18-6-2-1-3-15(18)17-13/h1-8,19H,9-10H2. The number of aliphatic hydroxyl groups excluding tert-OH is 1. The van der Waals surface area contributed by atoms with Crippen LogP contribution in [0.15, 0.2) is 53.3 Å². The van der Waals surface area contributed by atoms with Crippen molar-refractivity contribution in [3.63, 3.8) is 0 Å². The van der Waals surface area contributed by atoms with Gasteiger partial charge in [0, 0.05) is 22.4 Å². The maximum atomic E-state index is 9.33. The van der Waals surface area contributed by atoms with Crippen LogP contribution in [0.2, 0.25) is 0 Å². The summed E-state index contributed by atoms with van der Waals surface area (Å²) >= 11 is 3.37. The van der Waals surface area contributed by atoms with Crippen LogP contribution in [0, 0.1) is 0 Å². The highest BCUT2D eigenvalue weighted by Crippen LogP contribution is 2.24. The first-order chi connectivity index (χ1) is 9.76. The van der Waals surface area contributed by atoms with E-state index < -0.39 is 0 Å². The Kier molecular flexibility index (Phi) is 3.71. The molecule has 20 heavy (non-hydrogen) atoms. The smallest absolute Gasteiger partial charge is 0.137 e. The van der Waals surface area contributed by atoms with Gasteiger partial charge in [-0.1, -0.05) is 22.0 Å². The van der Waals surface area contributed by atoms with Gasteiger partial charge in [0.15, 0.2) is 0 Å². The van der Waals surface area contributed by atoms with Gasteiger partial charge in [0.2, 0.25) is 0 Å². The molecule has 0 fully saturated rings. The molecule has 5 heteroatoms. The van der Waals surface area contributed by atoms with Crippen LogP contribution in [0.4, 0.5) is 0 Å². The SMILES string of the molecule is OCc1cc(Br)ccc1OCc1cn2ccccc2n1. The summed E-state index contributed by atoms with van der Waals surface area (Å²) in [6, 6.07) is 11.4. The average molecular weight is 333 g/mol. The molecule has 0 radical (unpaired) electrons. The van der Waals surface area contributed by atoms with Gasteiger partial charge in [-0.15, -0.1) is 0 Å². The molecule has 4 nitrogen and oxygen atoms in total. The van der Waals surface area contributed by atoms with E-state index in [0.29, 0.717) is 12.4 Å². The van der Waals surface area contributed by atoms with Crippen molar-refractivity contribution in [1.29, 1.82) is 0 Å². The van der Waals surface area contributed by atoms with E-state index in [1.54, 1.807) is 0 Å². The molecule has 0 aliphatic carbocycles. The second kappa shape index (κ2) is 5.64. The summed E-state index contributed by atoms with van der Waals surface area (Å²) < 4.78 is 8.61. The Labute approximate surface area is 124 Å². The van der Waals surface area contributed by atoms with Crippen LogP contribution in [0.1, 0.15) is 11.3 Å². The van der Waals surface area contributed by atoms with E-state index in [1.165, 1.54) is 0 Å². The zero-order valence-corrected chi connectivity index (χ0v) is 12.2. The molecule has 3 aromatic rings. The summed E-state index contributed by atoms with van der Waals surface area (Å²) in [6.45, 7) is 0.316. The molecule has 1 N–H and O–H groups in total. The Morgan fingerprint density at radius 2 is 2.15 bits per heavy atom. The van der Waals surface area contributed by atoms with Crippen molar-refractivity contribution >= 4 is 21.6 Å². The fraction of sp³-hybridized carbons (Fsp3) is 0.133. The molecule has 0 amide bonds. The number of aliphatic hydroxyl groups is 1. The number of hydrogen-bond acceptors (Lipinski definition) is 3. The molecular formula is C15H13BrN2O2. The van der Waals surface area contributed by atoms with Crippen LogP contribution in [0.5, 0.6) is 5.75 Å². The summed E-state index contributed by atoms with van der Waals surface area (Å²) in [7, 11) is 0. The second-order valence-electron chi connectivity index (χ2n) is 4.40. The minimum absolute atomic E-state index is 0.0556. The molecule has 2 heterocycles. The van der Waals surface area contributed by atoms with E-state index in [0.717, 1.165) is 21.4 Å². The minimum Gasteiger partial charge on any atom is -0.487 e. The monoisotopic (exact) mass is 332 g/mol. The van der Waals surface area contributed by atoms with E-state index in [9.17, 15) is 5.11 Å². The molecule has 0 saturated carbocycles. The second-order valence-corrected chi connectivity index (χ2v) is 5.31. The van der Waals surface area contributed by atoms with E-state index in [1.807, 2.05) is 53.2 Å². The number of hydrogen-bond donors (Lipinski definition) is 1. The number of pyridine rings is 1. The number of benzene rings is 1. The van der Waals surface area contributed by atoms with E-state index in [-0.39, 0.29) is 6.61 Å². The first-order valence-corrected chi connectivity index (χ1v) is 7.00. The molecule has 0 bridgehead atoms. The van der Waals surface area contributed by atoms with Crippen molar-refractivity contribution in [2.45, 2.75) is 13.2 Å². The molecule has 0 aliphatic rings. The van der Waals surface area contributed by atoms with Crippen molar-refractivity contribution < 1.29 is 9.84 Å². The zero-order chi connectivity index (χ0) is 13.9. The van der Waals surface area contributed by atoms with E-state index in [4.69, 9.17) is 4.74 Å². The number of imidazole rings is 1. The number of rotatable bonds is 4. The lowest BCUT2D eigenvalue weighted by atomic mass is 10.2. The van der Waals surface area contributed by atoms with Crippen LogP contribution in [0.3, 0.4) is 0 Å². The Morgan fingerprint density at radius 1 is 1.25 bits per heavy atom. The number of aromatic nitrogens is 2. The number of nitrogens with zero attached hydrogens (tertiary/aromatic N) is 2. The average Bonchev–Trinajstić information content (AvgIpc) is 2.88. The minimum atomic E-state index is -0.0556. The molecule has 0 atom stereocenters. The number of halogens is 1. The molecule has 102 valence electrons. The first-order valence-electron chi connectivity index (χ1n) is 6.21. The Hall–Kier alpha value is -1.85. The van der Waals surface area contributed by atoms with Crippen molar-refractivity contribution in [3.8, 4) is 5.75 Å². The number of fused-ring (bicyclic) bond motifs is 1. The lowest BCUT2D eigenvalue weighted by Gasteiger charge is -2.09. The molecule has 0 unspecified atom stereocenters. The van der Waals surface area contributed by atoms with Gasteiger partial charge in [-0.2, -0.15) is 0 Å². The highest BCUT2D eigenvalue weighted by atomic mass is 79.9.